The monoisotopic (exact) mass is 444 g/mol. The van der Waals surface area contributed by atoms with Gasteiger partial charge in [0.2, 0.25) is 17.6 Å². The summed E-state index contributed by atoms with van der Waals surface area (Å²) < 4.78 is 18.2. The highest BCUT2D eigenvalue weighted by Crippen LogP contribution is 2.23. The van der Waals surface area contributed by atoms with Gasteiger partial charge in [0.05, 0.1) is 10.6 Å². The van der Waals surface area contributed by atoms with Crippen LogP contribution in [0.15, 0.2) is 47.0 Å². The van der Waals surface area contributed by atoms with Crippen molar-refractivity contribution in [3.63, 3.8) is 0 Å². The molecule has 2 aromatic carbocycles. The molecule has 0 aliphatic carbocycles. The van der Waals surface area contributed by atoms with Crippen molar-refractivity contribution in [2.24, 2.45) is 0 Å². The van der Waals surface area contributed by atoms with Crippen molar-refractivity contribution in [1.29, 1.82) is 0 Å². The Hall–Kier alpha value is -3.26. The number of rotatable bonds is 8. The number of hydrogen-bond acceptors (Lipinski definition) is 5. The van der Waals surface area contributed by atoms with Crippen LogP contribution >= 0.6 is 11.6 Å². The molecule has 3 aromatic rings. The average molecular weight is 445 g/mol. The zero-order valence-electron chi connectivity index (χ0n) is 17.2. The SMILES string of the molecule is CCN(CC)C(=O)c1ccc(NC(=O)CCc2nc(-c3ccc(F)cc3)no2)cc1Cl. The molecule has 1 aromatic heterocycles. The minimum absolute atomic E-state index is 0.114. The third-order valence-electron chi connectivity index (χ3n) is 4.67. The lowest BCUT2D eigenvalue weighted by atomic mass is 10.1. The largest absolute Gasteiger partial charge is 0.339 e. The lowest BCUT2D eigenvalue weighted by Crippen LogP contribution is -2.30. The highest BCUT2D eigenvalue weighted by atomic mass is 35.5. The third-order valence-corrected chi connectivity index (χ3v) is 4.98. The maximum Gasteiger partial charge on any atom is 0.255 e. The van der Waals surface area contributed by atoms with Crippen LogP contribution in [0.5, 0.6) is 0 Å². The zero-order valence-corrected chi connectivity index (χ0v) is 17.9. The van der Waals surface area contributed by atoms with E-state index in [-0.39, 0.29) is 35.5 Å². The van der Waals surface area contributed by atoms with Crippen LogP contribution in [0.1, 0.15) is 36.5 Å². The Morgan fingerprint density at radius 1 is 1.13 bits per heavy atom. The number of hydrogen-bond donors (Lipinski definition) is 1. The molecule has 31 heavy (non-hydrogen) atoms. The molecule has 1 heterocycles. The fraction of sp³-hybridized carbons (Fsp3) is 0.273. The first-order valence-corrected chi connectivity index (χ1v) is 10.3. The van der Waals surface area contributed by atoms with Gasteiger partial charge >= 0.3 is 0 Å². The van der Waals surface area contributed by atoms with Crippen molar-refractivity contribution in [2.45, 2.75) is 26.7 Å². The molecule has 0 unspecified atom stereocenters. The molecule has 0 fully saturated rings. The molecular formula is C22H22ClFN4O3. The normalized spacial score (nSPS) is 10.7. The number of aryl methyl sites for hydroxylation is 1. The Bertz CT molecular complexity index is 1060. The Balaban J connectivity index is 1.57. The minimum Gasteiger partial charge on any atom is -0.339 e. The van der Waals surface area contributed by atoms with Crippen LogP contribution in [0, 0.1) is 5.82 Å². The van der Waals surface area contributed by atoms with Gasteiger partial charge in [0.25, 0.3) is 5.91 Å². The molecule has 3 rings (SSSR count). The molecule has 0 saturated heterocycles. The number of amides is 2. The van der Waals surface area contributed by atoms with Gasteiger partial charge in [-0.25, -0.2) is 4.39 Å². The predicted octanol–water partition coefficient (Wildman–Crippen LogP) is 4.58. The number of carbonyl (C=O) groups is 2. The lowest BCUT2D eigenvalue weighted by Gasteiger charge is -2.19. The van der Waals surface area contributed by atoms with Gasteiger partial charge in [-0.05, 0) is 56.3 Å². The van der Waals surface area contributed by atoms with E-state index >= 15 is 0 Å². The maximum atomic E-state index is 13.0. The van der Waals surface area contributed by atoms with Crippen molar-refractivity contribution >= 4 is 29.1 Å². The number of carbonyl (C=O) groups excluding carboxylic acids is 2. The molecule has 162 valence electrons. The van der Waals surface area contributed by atoms with Crippen molar-refractivity contribution in [2.75, 3.05) is 18.4 Å². The molecule has 2 amide bonds. The van der Waals surface area contributed by atoms with Gasteiger partial charge in [0.15, 0.2) is 0 Å². The molecular weight excluding hydrogens is 423 g/mol. The molecule has 0 aliphatic heterocycles. The molecule has 0 atom stereocenters. The van der Waals surface area contributed by atoms with Crippen molar-refractivity contribution in [3.8, 4) is 11.4 Å². The second-order valence-corrected chi connectivity index (χ2v) is 7.15. The number of aromatic nitrogens is 2. The Labute approximate surface area is 184 Å². The number of benzene rings is 2. The maximum absolute atomic E-state index is 13.0. The second kappa shape index (κ2) is 10.2. The first kappa shape index (κ1) is 22.4. The van der Waals surface area contributed by atoms with Gasteiger partial charge in [-0.3, -0.25) is 9.59 Å². The highest BCUT2D eigenvalue weighted by molar-refractivity contribution is 6.34. The van der Waals surface area contributed by atoms with Crippen molar-refractivity contribution in [3.05, 3.63) is 64.8 Å². The van der Waals surface area contributed by atoms with E-state index in [2.05, 4.69) is 15.5 Å². The topological polar surface area (TPSA) is 88.3 Å². The third kappa shape index (κ3) is 5.67. The summed E-state index contributed by atoms with van der Waals surface area (Å²) in [5, 5.41) is 6.87. The number of anilines is 1. The molecule has 0 aliphatic rings. The summed E-state index contributed by atoms with van der Waals surface area (Å²) in [4.78, 5) is 30.6. The second-order valence-electron chi connectivity index (χ2n) is 6.74. The van der Waals surface area contributed by atoms with Gasteiger partial charge in [-0.1, -0.05) is 16.8 Å². The Kier molecular flexibility index (Phi) is 7.36. The number of nitrogens with one attached hydrogen (secondary N) is 1. The number of nitrogens with zero attached hydrogens (tertiary/aromatic N) is 3. The fourth-order valence-corrected chi connectivity index (χ4v) is 3.23. The number of halogens is 2. The van der Waals surface area contributed by atoms with Crippen molar-refractivity contribution < 1.29 is 18.5 Å². The molecule has 0 radical (unpaired) electrons. The van der Waals surface area contributed by atoms with E-state index in [0.717, 1.165) is 0 Å². The minimum atomic E-state index is -0.352. The van der Waals surface area contributed by atoms with E-state index in [1.165, 1.54) is 12.1 Å². The Morgan fingerprint density at radius 3 is 2.48 bits per heavy atom. The van der Waals surface area contributed by atoms with Crippen molar-refractivity contribution in [1.82, 2.24) is 15.0 Å². The molecule has 7 nitrogen and oxygen atoms in total. The summed E-state index contributed by atoms with van der Waals surface area (Å²) in [6, 6.07) is 10.5. The molecule has 0 bridgehead atoms. The van der Waals surface area contributed by atoms with Gasteiger partial charge in [0.1, 0.15) is 5.82 Å². The van der Waals surface area contributed by atoms with E-state index in [0.29, 0.717) is 41.6 Å². The van der Waals surface area contributed by atoms with Gasteiger partial charge in [-0.15, -0.1) is 0 Å². The molecule has 0 saturated carbocycles. The summed E-state index contributed by atoms with van der Waals surface area (Å²) in [5.41, 5.74) is 1.50. The smallest absolute Gasteiger partial charge is 0.255 e. The van der Waals surface area contributed by atoms with Crippen LogP contribution < -0.4 is 5.32 Å². The van der Waals surface area contributed by atoms with E-state index < -0.39 is 0 Å². The summed E-state index contributed by atoms with van der Waals surface area (Å²) in [6.45, 7) is 4.97. The fourth-order valence-electron chi connectivity index (χ4n) is 2.96. The molecule has 9 heteroatoms. The lowest BCUT2D eigenvalue weighted by molar-refractivity contribution is -0.116. The van der Waals surface area contributed by atoms with Crippen LogP contribution in [0.4, 0.5) is 10.1 Å². The summed E-state index contributed by atoms with van der Waals surface area (Å²) in [7, 11) is 0. The summed E-state index contributed by atoms with van der Waals surface area (Å²) in [6.07, 6.45) is 0.356. The van der Waals surface area contributed by atoms with Crippen LogP contribution in [0.25, 0.3) is 11.4 Å². The summed E-state index contributed by atoms with van der Waals surface area (Å²) >= 11 is 6.25. The van der Waals surface area contributed by atoms with E-state index in [9.17, 15) is 14.0 Å². The quantitative estimate of drug-likeness (QED) is 0.549. The average Bonchev–Trinajstić information content (AvgIpc) is 3.23. The van der Waals surface area contributed by atoms with E-state index in [1.807, 2.05) is 13.8 Å². The van der Waals surface area contributed by atoms with Crippen LogP contribution in [0.3, 0.4) is 0 Å². The predicted molar refractivity (Wildman–Crippen MR) is 115 cm³/mol. The molecule has 0 spiro atoms. The van der Waals surface area contributed by atoms with Gasteiger partial charge in [-0.2, -0.15) is 4.98 Å². The van der Waals surface area contributed by atoms with Gasteiger partial charge in [0, 0.05) is 37.2 Å². The zero-order chi connectivity index (χ0) is 22.4. The summed E-state index contributed by atoms with van der Waals surface area (Å²) in [5.74, 6) is -0.139. The van der Waals surface area contributed by atoms with E-state index in [4.69, 9.17) is 16.1 Å². The van der Waals surface area contributed by atoms with Gasteiger partial charge < -0.3 is 14.7 Å². The van der Waals surface area contributed by atoms with E-state index in [1.54, 1.807) is 35.2 Å². The first-order valence-electron chi connectivity index (χ1n) is 9.88. The molecule has 1 N–H and O–H groups in total. The van der Waals surface area contributed by atoms with Crippen LogP contribution in [-0.4, -0.2) is 39.9 Å². The standard InChI is InChI=1S/C22H22ClFN4O3/c1-3-28(4-2)22(30)17-10-9-16(13-18(17)23)25-19(29)11-12-20-26-21(27-31-20)14-5-7-15(24)8-6-14/h5-10,13H,3-4,11-12H2,1-2H3,(H,25,29). The van der Waals surface area contributed by atoms with Crippen LogP contribution in [-0.2, 0) is 11.2 Å². The van der Waals surface area contributed by atoms with Crippen LogP contribution in [0.2, 0.25) is 5.02 Å². The first-order chi connectivity index (χ1) is 14.9. The highest BCUT2D eigenvalue weighted by Gasteiger charge is 2.17. The Morgan fingerprint density at radius 2 is 1.84 bits per heavy atom.